The average Bonchev–Trinajstić information content (AvgIpc) is 2.74. The molecule has 1 aromatic heterocycles. The van der Waals surface area contributed by atoms with Gasteiger partial charge < -0.3 is 21.1 Å². The first-order chi connectivity index (χ1) is 9.49. The molecule has 0 saturated carbocycles. The fourth-order valence-corrected chi connectivity index (χ4v) is 3.26. The van der Waals surface area contributed by atoms with Crippen LogP contribution in [0.4, 0.5) is 5.00 Å². The van der Waals surface area contributed by atoms with E-state index in [1.807, 2.05) is 13.8 Å². The van der Waals surface area contributed by atoms with E-state index in [2.05, 4.69) is 10.6 Å². The molecule has 7 heteroatoms. The molecule has 1 aromatic rings. The number of carbonyl (C=O) groups excluding carboxylic acids is 2. The second-order valence-electron chi connectivity index (χ2n) is 4.96. The van der Waals surface area contributed by atoms with E-state index >= 15 is 0 Å². The van der Waals surface area contributed by atoms with Crippen molar-refractivity contribution in [3.05, 3.63) is 16.0 Å². The number of hydrogen-bond donors (Lipinski definition) is 3. The number of carbonyl (C=O) groups is 2. The molecule has 0 aliphatic carbocycles. The van der Waals surface area contributed by atoms with Crippen LogP contribution in [0.5, 0.6) is 0 Å². The molecule has 0 bridgehead atoms. The number of thiophene rings is 1. The van der Waals surface area contributed by atoms with Gasteiger partial charge in [-0.15, -0.1) is 11.3 Å². The predicted octanol–water partition coefficient (Wildman–Crippen LogP) is 0.856. The van der Waals surface area contributed by atoms with Gasteiger partial charge in [0.2, 0.25) is 5.91 Å². The van der Waals surface area contributed by atoms with Crippen LogP contribution < -0.4 is 16.4 Å². The number of nitrogens with two attached hydrogens (primary N) is 1. The van der Waals surface area contributed by atoms with Gasteiger partial charge in [0.05, 0.1) is 25.3 Å². The highest BCUT2D eigenvalue weighted by Gasteiger charge is 2.25. The maximum Gasteiger partial charge on any atom is 0.251 e. The molecule has 0 atom stereocenters. The number of fused-ring (bicyclic) bond motifs is 1. The van der Waals surface area contributed by atoms with Crippen molar-refractivity contribution in [1.82, 2.24) is 5.32 Å². The monoisotopic (exact) mass is 297 g/mol. The number of nitrogens with one attached hydrogen (secondary N) is 2. The second-order valence-corrected chi connectivity index (χ2v) is 6.06. The van der Waals surface area contributed by atoms with E-state index in [1.165, 1.54) is 11.3 Å². The van der Waals surface area contributed by atoms with Crippen LogP contribution in [0, 0.1) is 0 Å². The number of amides is 2. The van der Waals surface area contributed by atoms with Crippen LogP contribution in [-0.4, -0.2) is 31.0 Å². The largest absolute Gasteiger partial charge is 0.376 e. The molecule has 0 radical (unpaired) electrons. The number of anilines is 1. The Bertz CT molecular complexity index is 525. The summed E-state index contributed by atoms with van der Waals surface area (Å²) in [6.45, 7) is 5.17. The van der Waals surface area contributed by atoms with E-state index in [-0.39, 0.29) is 18.5 Å². The summed E-state index contributed by atoms with van der Waals surface area (Å²) in [6.07, 6.45) is 0.657. The van der Waals surface area contributed by atoms with E-state index in [1.54, 1.807) is 0 Å². The van der Waals surface area contributed by atoms with Crippen molar-refractivity contribution >= 4 is 28.2 Å². The van der Waals surface area contributed by atoms with Gasteiger partial charge in [0.25, 0.3) is 5.91 Å². The van der Waals surface area contributed by atoms with Crippen LogP contribution >= 0.6 is 11.3 Å². The maximum atomic E-state index is 11.9. The fourth-order valence-electron chi connectivity index (χ4n) is 2.05. The molecule has 0 unspecified atom stereocenters. The number of primary amides is 1. The fraction of sp³-hybridized carbons (Fsp3) is 0.538. The Labute approximate surface area is 121 Å². The number of hydrogen-bond acceptors (Lipinski definition) is 5. The molecular weight excluding hydrogens is 278 g/mol. The van der Waals surface area contributed by atoms with Crippen molar-refractivity contribution in [1.29, 1.82) is 0 Å². The Kier molecular flexibility index (Phi) is 4.74. The Balaban J connectivity index is 2.17. The third-order valence-corrected chi connectivity index (χ3v) is 4.11. The zero-order valence-electron chi connectivity index (χ0n) is 11.6. The highest BCUT2D eigenvalue weighted by Crippen LogP contribution is 2.36. The Morgan fingerprint density at radius 2 is 2.20 bits per heavy atom. The first-order valence-electron chi connectivity index (χ1n) is 6.54. The van der Waals surface area contributed by atoms with Gasteiger partial charge in [0.1, 0.15) is 5.00 Å². The van der Waals surface area contributed by atoms with Crippen LogP contribution in [0.25, 0.3) is 0 Å². The molecule has 0 aromatic carbocycles. The summed E-state index contributed by atoms with van der Waals surface area (Å²) in [4.78, 5) is 24.4. The van der Waals surface area contributed by atoms with Gasteiger partial charge in [-0.3, -0.25) is 9.59 Å². The van der Waals surface area contributed by atoms with Crippen LogP contribution in [0.3, 0.4) is 0 Å². The molecule has 1 aliphatic rings. The Hall–Kier alpha value is -1.44. The van der Waals surface area contributed by atoms with E-state index in [9.17, 15) is 9.59 Å². The van der Waals surface area contributed by atoms with Crippen molar-refractivity contribution in [2.24, 2.45) is 5.73 Å². The molecule has 1 aliphatic heterocycles. The zero-order valence-corrected chi connectivity index (χ0v) is 12.4. The van der Waals surface area contributed by atoms with Gasteiger partial charge in [0.15, 0.2) is 0 Å². The molecule has 6 nitrogen and oxygen atoms in total. The lowest BCUT2D eigenvalue weighted by Gasteiger charge is -2.12. The molecule has 2 amide bonds. The van der Waals surface area contributed by atoms with Gasteiger partial charge in [-0.2, -0.15) is 0 Å². The third-order valence-electron chi connectivity index (χ3n) is 2.99. The van der Waals surface area contributed by atoms with Gasteiger partial charge >= 0.3 is 0 Å². The summed E-state index contributed by atoms with van der Waals surface area (Å²) in [6, 6.07) is 0.223. The molecule has 0 spiro atoms. The van der Waals surface area contributed by atoms with E-state index in [4.69, 9.17) is 10.5 Å². The summed E-state index contributed by atoms with van der Waals surface area (Å²) in [5, 5.41) is 6.32. The van der Waals surface area contributed by atoms with Crippen molar-refractivity contribution in [2.45, 2.75) is 32.9 Å². The topological polar surface area (TPSA) is 93.5 Å². The molecule has 2 rings (SSSR count). The van der Waals surface area contributed by atoms with E-state index in [0.29, 0.717) is 30.2 Å². The number of rotatable bonds is 5. The zero-order chi connectivity index (χ0) is 14.7. The minimum atomic E-state index is -0.503. The first kappa shape index (κ1) is 15.0. The summed E-state index contributed by atoms with van der Waals surface area (Å²) >= 11 is 1.37. The molecule has 20 heavy (non-hydrogen) atoms. The van der Waals surface area contributed by atoms with Crippen LogP contribution in [-0.2, 0) is 22.6 Å². The third kappa shape index (κ3) is 3.36. The molecule has 0 fully saturated rings. The smallest absolute Gasteiger partial charge is 0.251 e. The Morgan fingerprint density at radius 1 is 1.45 bits per heavy atom. The standard InChI is InChI=1S/C13H19N3O3S/c1-7(2)15-5-10(17)16-13-11(12(14)18)8-3-4-19-6-9(8)20-13/h7,15H,3-6H2,1-2H3,(H2,14,18)(H,16,17). The SMILES string of the molecule is CC(C)NCC(=O)Nc1sc2c(c1C(N)=O)CCOC2. The molecule has 110 valence electrons. The van der Waals surface area contributed by atoms with Crippen LogP contribution in [0.2, 0.25) is 0 Å². The minimum absolute atomic E-state index is 0.180. The van der Waals surface area contributed by atoms with E-state index < -0.39 is 5.91 Å². The summed E-state index contributed by atoms with van der Waals surface area (Å²) in [5.74, 6) is -0.683. The van der Waals surface area contributed by atoms with Crippen molar-refractivity contribution in [3.63, 3.8) is 0 Å². The van der Waals surface area contributed by atoms with Gasteiger partial charge in [0, 0.05) is 10.9 Å². The summed E-state index contributed by atoms with van der Waals surface area (Å²) in [7, 11) is 0. The lowest BCUT2D eigenvalue weighted by molar-refractivity contribution is -0.115. The lowest BCUT2D eigenvalue weighted by Crippen LogP contribution is -2.32. The van der Waals surface area contributed by atoms with Gasteiger partial charge in [-0.05, 0) is 12.0 Å². The molecular formula is C13H19N3O3S. The van der Waals surface area contributed by atoms with Crippen LogP contribution in [0.1, 0.15) is 34.6 Å². The maximum absolute atomic E-state index is 11.9. The second kappa shape index (κ2) is 6.34. The van der Waals surface area contributed by atoms with E-state index in [0.717, 1.165) is 10.4 Å². The summed E-state index contributed by atoms with van der Waals surface area (Å²) in [5.41, 5.74) is 6.79. The highest BCUT2D eigenvalue weighted by atomic mass is 32.1. The van der Waals surface area contributed by atoms with Crippen molar-refractivity contribution < 1.29 is 14.3 Å². The molecule has 2 heterocycles. The van der Waals surface area contributed by atoms with Crippen molar-refractivity contribution in [3.8, 4) is 0 Å². The van der Waals surface area contributed by atoms with Crippen molar-refractivity contribution in [2.75, 3.05) is 18.5 Å². The first-order valence-corrected chi connectivity index (χ1v) is 7.36. The van der Waals surface area contributed by atoms with Gasteiger partial charge in [-0.25, -0.2) is 0 Å². The Morgan fingerprint density at radius 3 is 2.85 bits per heavy atom. The average molecular weight is 297 g/mol. The quantitative estimate of drug-likeness (QED) is 0.751. The highest BCUT2D eigenvalue weighted by molar-refractivity contribution is 7.17. The normalized spacial score (nSPS) is 14.2. The predicted molar refractivity (Wildman–Crippen MR) is 78.0 cm³/mol. The number of ether oxygens (including phenoxy) is 1. The van der Waals surface area contributed by atoms with Crippen LogP contribution in [0.15, 0.2) is 0 Å². The summed E-state index contributed by atoms with van der Waals surface area (Å²) < 4.78 is 5.36. The van der Waals surface area contributed by atoms with Gasteiger partial charge in [-0.1, -0.05) is 13.8 Å². The molecule has 4 N–H and O–H groups in total. The minimum Gasteiger partial charge on any atom is -0.376 e. The molecule has 0 saturated heterocycles. The lowest BCUT2D eigenvalue weighted by atomic mass is 10.1.